The summed E-state index contributed by atoms with van der Waals surface area (Å²) in [7, 11) is 0. The second-order valence-electron chi connectivity index (χ2n) is 4.22. The maximum Gasteiger partial charge on any atom is 0.241 e. The third kappa shape index (κ3) is 2.90. The monoisotopic (exact) mass is 321 g/mol. The maximum atomic E-state index is 5.91. The van der Waals surface area contributed by atoms with Gasteiger partial charge in [0.1, 0.15) is 10.6 Å². The van der Waals surface area contributed by atoms with Crippen molar-refractivity contribution in [1.82, 2.24) is 15.0 Å². The number of fused-ring (bicyclic) bond motifs is 1. The fourth-order valence-corrected chi connectivity index (χ4v) is 2.94. The molecule has 0 radical (unpaired) electrons. The van der Waals surface area contributed by atoms with Gasteiger partial charge in [-0.25, -0.2) is 10.8 Å². The summed E-state index contributed by atoms with van der Waals surface area (Å²) in [4.78, 5) is 14.6. The zero-order valence-electron chi connectivity index (χ0n) is 11.1. The lowest BCUT2D eigenvalue weighted by molar-refractivity contribution is 0.467. The van der Waals surface area contributed by atoms with Crippen LogP contribution in [0.4, 0.5) is 5.95 Å². The number of hydrazine groups is 1. The average molecular weight is 322 g/mol. The van der Waals surface area contributed by atoms with E-state index in [1.165, 1.54) is 11.1 Å². The van der Waals surface area contributed by atoms with E-state index in [0.717, 1.165) is 16.6 Å². The van der Waals surface area contributed by atoms with Crippen LogP contribution in [0.2, 0.25) is 5.02 Å². The standard InChI is InChI=1S/C13H12ClN5OS/c1-2-9-4-10-11(17-13(19-15)18-12(10)21-9)20-8-3-7(14)5-16-6-8/h3-6H,2,15H2,1H3,(H,17,18,19). The number of nitrogen functional groups attached to an aromatic ring is 1. The Morgan fingerprint density at radius 2 is 2.19 bits per heavy atom. The first-order valence-corrected chi connectivity index (χ1v) is 7.44. The smallest absolute Gasteiger partial charge is 0.241 e. The second-order valence-corrected chi connectivity index (χ2v) is 5.77. The first kappa shape index (κ1) is 14.0. The highest BCUT2D eigenvalue weighted by molar-refractivity contribution is 7.18. The van der Waals surface area contributed by atoms with Crippen LogP contribution in [-0.2, 0) is 6.42 Å². The molecule has 0 fully saturated rings. The fraction of sp³-hybridized carbons (Fsp3) is 0.154. The van der Waals surface area contributed by atoms with Crippen molar-refractivity contribution in [1.29, 1.82) is 0 Å². The molecule has 0 aliphatic carbocycles. The minimum atomic E-state index is 0.303. The number of aromatic nitrogens is 3. The van der Waals surface area contributed by atoms with Gasteiger partial charge in [-0.2, -0.15) is 4.98 Å². The van der Waals surface area contributed by atoms with Gasteiger partial charge in [0.2, 0.25) is 11.8 Å². The van der Waals surface area contributed by atoms with Crippen LogP contribution in [0.25, 0.3) is 10.2 Å². The van der Waals surface area contributed by atoms with Crippen molar-refractivity contribution in [2.45, 2.75) is 13.3 Å². The summed E-state index contributed by atoms with van der Waals surface area (Å²) in [5.74, 6) is 6.64. The Morgan fingerprint density at radius 1 is 1.33 bits per heavy atom. The van der Waals surface area contributed by atoms with Crippen LogP contribution in [0.3, 0.4) is 0 Å². The van der Waals surface area contributed by atoms with E-state index in [0.29, 0.717) is 22.6 Å². The van der Waals surface area contributed by atoms with Crippen molar-refractivity contribution >= 4 is 39.1 Å². The molecule has 108 valence electrons. The number of anilines is 1. The van der Waals surface area contributed by atoms with Gasteiger partial charge < -0.3 is 4.74 Å². The van der Waals surface area contributed by atoms with Gasteiger partial charge in [0.25, 0.3) is 0 Å². The average Bonchev–Trinajstić information content (AvgIpc) is 2.90. The zero-order valence-corrected chi connectivity index (χ0v) is 12.7. The summed E-state index contributed by atoms with van der Waals surface area (Å²) >= 11 is 7.50. The molecule has 0 unspecified atom stereocenters. The number of aryl methyl sites for hydroxylation is 1. The molecule has 3 heterocycles. The highest BCUT2D eigenvalue weighted by atomic mass is 35.5. The van der Waals surface area contributed by atoms with Gasteiger partial charge in [0.05, 0.1) is 16.6 Å². The minimum Gasteiger partial charge on any atom is -0.436 e. The van der Waals surface area contributed by atoms with E-state index >= 15 is 0 Å². The summed E-state index contributed by atoms with van der Waals surface area (Å²) in [5, 5.41) is 1.34. The molecule has 6 nitrogen and oxygen atoms in total. The molecule has 0 aliphatic rings. The number of nitrogens with zero attached hydrogens (tertiary/aromatic N) is 3. The molecule has 0 amide bonds. The molecule has 3 aromatic rings. The molecular weight excluding hydrogens is 310 g/mol. The van der Waals surface area contributed by atoms with Gasteiger partial charge in [-0.05, 0) is 12.5 Å². The molecule has 21 heavy (non-hydrogen) atoms. The van der Waals surface area contributed by atoms with Gasteiger partial charge in [0.15, 0.2) is 0 Å². The van der Waals surface area contributed by atoms with E-state index in [9.17, 15) is 0 Å². The first-order valence-electron chi connectivity index (χ1n) is 6.25. The second kappa shape index (κ2) is 5.80. The Kier molecular flexibility index (Phi) is 3.87. The Balaban J connectivity index is 2.09. The highest BCUT2D eigenvalue weighted by Crippen LogP contribution is 2.34. The SMILES string of the molecule is CCc1cc2c(Oc3cncc(Cl)c3)nc(NN)nc2s1. The minimum absolute atomic E-state index is 0.303. The van der Waals surface area contributed by atoms with Crippen LogP contribution in [0.15, 0.2) is 24.5 Å². The zero-order chi connectivity index (χ0) is 14.8. The van der Waals surface area contributed by atoms with Crippen molar-refractivity contribution < 1.29 is 4.74 Å². The number of hydrogen-bond donors (Lipinski definition) is 2. The molecule has 0 saturated carbocycles. The lowest BCUT2D eigenvalue weighted by atomic mass is 10.3. The third-order valence-electron chi connectivity index (χ3n) is 2.78. The van der Waals surface area contributed by atoms with Crippen molar-refractivity contribution in [2.75, 3.05) is 5.43 Å². The summed E-state index contributed by atoms with van der Waals surface area (Å²) in [6.45, 7) is 2.08. The van der Waals surface area contributed by atoms with Gasteiger partial charge >= 0.3 is 0 Å². The Bertz CT molecular complexity index is 791. The molecule has 3 N–H and O–H groups in total. The Labute approximate surface area is 129 Å². The van der Waals surface area contributed by atoms with E-state index in [1.54, 1.807) is 23.6 Å². The van der Waals surface area contributed by atoms with E-state index in [2.05, 4.69) is 27.3 Å². The van der Waals surface area contributed by atoms with Crippen molar-refractivity contribution in [3.05, 3.63) is 34.4 Å². The third-order valence-corrected chi connectivity index (χ3v) is 4.16. The molecule has 3 rings (SSSR count). The van der Waals surface area contributed by atoms with Crippen LogP contribution >= 0.6 is 22.9 Å². The maximum absolute atomic E-state index is 5.91. The van der Waals surface area contributed by atoms with E-state index in [1.807, 2.05) is 6.07 Å². The van der Waals surface area contributed by atoms with Gasteiger partial charge in [-0.1, -0.05) is 18.5 Å². The van der Waals surface area contributed by atoms with Crippen LogP contribution in [0.1, 0.15) is 11.8 Å². The normalized spacial score (nSPS) is 10.8. The lowest BCUT2D eigenvalue weighted by Crippen LogP contribution is -2.10. The number of nitrogens with one attached hydrogen (secondary N) is 1. The number of thiophene rings is 1. The Hall–Kier alpha value is -1.96. The number of pyridine rings is 1. The molecule has 0 spiro atoms. The van der Waals surface area contributed by atoms with E-state index < -0.39 is 0 Å². The topological polar surface area (TPSA) is 86.0 Å². The quantitative estimate of drug-likeness (QED) is 0.566. The molecule has 0 bridgehead atoms. The van der Waals surface area contributed by atoms with Gasteiger partial charge in [-0.15, -0.1) is 11.3 Å². The molecule has 0 aromatic carbocycles. The lowest BCUT2D eigenvalue weighted by Gasteiger charge is -2.07. The summed E-state index contributed by atoms with van der Waals surface area (Å²) in [6, 6.07) is 3.69. The number of hydrogen-bond acceptors (Lipinski definition) is 7. The van der Waals surface area contributed by atoms with Crippen molar-refractivity contribution in [3.8, 4) is 11.6 Å². The summed E-state index contributed by atoms with van der Waals surface area (Å²) in [6.07, 6.45) is 4.03. The molecule has 0 saturated heterocycles. The fourth-order valence-electron chi connectivity index (χ4n) is 1.82. The van der Waals surface area contributed by atoms with Crippen molar-refractivity contribution in [3.63, 3.8) is 0 Å². The number of rotatable bonds is 4. The van der Waals surface area contributed by atoms with Gasteiger partial charge in [0, 0.05) is 17.1 Å². The largest absolute Gasteiger partial charge is 0.436 e. The van der Waals surface area contributed by atoms with Gasteiger partial charge in [-0.3, -0.25) is 10.4 Å². The van der Waals surface area contributed by atoms with Crippen LogP contribution in [-0.4, -0.2) is 15.0 Å². The predicted octanol–water partition coefficient (Wildman–Crippen LogP) is 3.38. The summed E-state index contributed by atoms with van der Waals surface area (Å²) in [5.41, 5.74) is 2.45. The molecule has 3 aromatic heterocycles. The highest BCUT2D eigenvalue weighted by Gasteiger charge is 2.13. The predicted molar refractivity (Wildman–Crippen MR) is 83.9 cm³/mol. The molecular formula is C13H12ClN5OS. The van der Waals surface area contributed by atoms with E-state index in [-0.39, 0.29) is 0 Å². The number of ether oxygens (including phenoxy) is 1. The number of nitrogens with two attached hydrogens (primary N) is 1. The first-order chi connectivity index (χ1) is 10.2. The number of halogens is 1. The van der Waals surface area contributed by atoms with Crippen LogP contribution < -0.4 is 16.0 Å². The molecule has 8 heteroatoms. The van der Waals surface area contributed by atoms with Crippen LogP contribution in [0.5, 0.6) is 11.6 Å². The van der Waals surface area contributed by atoms with E-state index in [4.69, 9.17) is 22.2 Å². The van der Waals surface area contributed by atoms with Crippen LogP contribution in [0, 0.1) is 0 Å². The molecule has 0 atom stereocenters. The molecule has 0 aliphatic heterocycles. The Morgan fingerprint density at radius 3 is 2.90 bits per heavy atom. The summed E-state index contributed by atoms with van der Waals surface area (Å²) < 4.78 is 5.79. The van der Waals surface area contributed by atoms with Crippen molar-refractivity contribution in [2.24, 2.45) is 5.84 Å².